The van der Waals surface area contributed by atoms with Crippen molar-refractivity contribution in [3.8, 4) is 0 Å². The summed E-state index contributed by atoms with van der Waals surface area (Å²) in [5, 5.41) is 0. The van der Waals surface area contributed by atoms with Crippen LogP contribution in [0.25, 0.3) is 0 Å². The molecule has 0 aromatic carbocycles. The zero-order valence-corrected chi connectivity index (χ0v) is 16.4. The van der Waals surface area contributed by atoms with E-state index in [9.17, 15) is 0 Å². The second-order valence-electron chi connectivity index (χ2n) is 6.57. The van der Waals surface area contributed by atoms with E-state index in [0.29, 0.717) is 0 Å². The zero-order valence-electron chi connectivity index (χ0n) is 14.8. The number of rotatable bonds is 18. The van der Waals surface area contributed by atoms with E-state index in [1.165, 1.54) is 103 Å². The Bertz CT molecular complexity index is 210. The second-order valence-corrected chi connectivity index (χ2v) is 7.87. The number of hydrogen-bond acceptors (Lipinski definition) is 0. The molecule has 0 aliphatic carbocycles. The van der Waals surface area contributed by atoms with E-state index in [4.69, 9.17) is 0 Å². The first-order valence-corrected chi connectivity index (χ1v) is 10.6. The maximum absolute atomic E-state index is 3.86. The van der Waals surface area contributed by atoms with Crippen molar-refractivity contribution in [1.29, 1.82) is 0 Å². The molecule has 0 N–H and O–H groups in total. The molecule has 0 unspecified atom stereocenters. The minimum Gasteiger partial charge on any atom is -0.103 e. The molecule has 0 heterocycles. The summed E-state index contributed by atoms with van der Waals surface area (Å²) in [6, 6.07) is 0. The second kappa shape index (κ2) is 19.0. The molecule has 0 spiro atoms. The molecule has 1 heteroatoms. The van der Waals surface area contributed by atoms with Gasteiger partial charge in [0.25, 0.3) is 0 Å². The van der Waals surface area contributed by atoms with Gasteiger partial charge in [0.1, 0.15) is 0 Å². The Morgan fingerprint density at radius 1 is 0.545 bits per heavy atom. The van der Waals surface area contributed by atoms with E-state index in [0.717, 1.165) is 4.83 Å². The van der Waals surface area contributed by atoms with Gasteiger partial charge in [0.2, 0.25) is 0 Å². The predicted octanol–water partition coefficient (Wildman–Crippen LogP) is 8.36. The Hall–Kier alpha value is -0.0400. The zero-order chi connectivity index (χ0) is 16.3. The fraction of sp³-hybridized carbons (Fsp3) is 0.810. The van der Waals surface area contributed by atoms with Crippen molar-refractivity contribution in [2.45, 2.75) is 108 Å². The van der Waals surface area contributed by atoms with Gasteiger partial charge in [-0.1, -0.05) is 92.3 Å². The quantitative estimate of drug-likeness (QED) is 0.129. The molecule has 0 bridgehead atoms. The molecule has 0 aromatic rings. The first-order valence-electron chi connectivity index (χ1n) is 9.67. The standard InChI is InChI=1S/C21H39Br/c1-3-5-7-9-11-13-15-17-19-21(22)20-18-16-14-12-10-8-6-4-2/h3-4,21H,1-2,5-20H2. The van der Waals surface area contributed by atoms with Gasteiger partial charge < -0.3 is 0 Å². The van der Waals surface area contributed by atoms with Crippen molar-refractivity contribution in [2.24, 2.45) is 0 Å². The highest BCUT2D eigenvalue weighted by Crippen LogP contribution is 2.19. The van der Waals surface area contributed by atoms with Crippen LogP contribution >= 0.6 is 15.9 Å². The molecule has 130 valence electrons. The molecular formula is C21H39Br. The minimum absolute atomic E-state index is 0.758. The molecule has 0 saturated heterocycles. The van der Waals surface area contributed by atoms with E-state index in [1.807, 2.05) is 12.2 Å². The summed E-state index contributed by atoms with van der Waals surface area (Å²) in [5.74, 6) is 0. The highest BCUT2D eigenvalue weighted by atomic mass is 79.9. The van der Waals surface area contributed by atoms with E-state index >= 15 is 0 Å². The largest absolute Gasteiger partial charge is 0.103 e. The SMILES string of the molecule is C=CCCCCCCCCC(Br)CCCCCCCCC=C. The average molecular weight is 371 g/mol. The molecule has 0 aliphatic heterocycles. The minimum atomic E-state index is 0.758. The van der Waals surface area contributed by atoms with E-state index in [2.05, 4.69) is 29.1 Å². The van der Waals surface area contributed by atoms with E-state index < -0.39 is 0 Å². The molecular weight excluding hydrogens is 332 g/mol. The lowest BCUT2D eigenvalue weighted by Crippen LogP contribution is -1.97. The Labute approximate surface area is 149 Å². The van der Waals surface area contributed by atoms with Crippen LogP contribution in [-0.2, 0) is 0 Å². The van der Waals surface area contributed by atoms with Gasteiger partial charge in [0, 0.05) is 4.83 Å². The maximum Gasteiger partial charge on any atom is 0.0145 e. The van der Waals surface area contributed by atoms with Crippen molar-refractivity contribution >= 4 is 15.9 Å². The van der Waals surface area contributed by atoms with Crippen LogP contribution < -0.4 is 0 Å². The van der Waals surface area contributed by atoms with Crippen LogP contribution in [0.1, 0.15) is 103 Å². The van der Waals surface area contributed by atoms with Crippen LogP contribution in [0.5, 0.6) is 0 Å². The summed E-state index contributed by atoms with van der Waals surface area (Å²) in [6.07, 6.45) is 25.9. The van der Waals surface area contributed by atoms with Crippen LogP contribution in [-0.4, -0.2) is 4.83 Å². The first-order chi connectivity index (χ1) is 10.8. The van der Waals surface area contributed by atoms with Gasteiger partial charge in [0.05, 0.1) is 0 Å². The number of hydrogen-bond donors (Lipinski definition) is 0. The van der Waals surface area contributed by atoms with Gasteiger partial charge in [-0.15, -0.1) is 13.2 Å². The molecule has 0 rings (SSSR count). The molecule has 0 nitrogen and oxygen atoms in total. The summed E-state index contributed by atoms with van der Waals surface area (Å²) in [5.41, 5.74) is 0. The monoisotopic (exact) mass is 370 g/mol. The molecule has 0 aromatic heterocycles. The van der Waals surface area contributed by atoms with Crippen LogP contribution in [0.2, 0.25) is 0 Å². The molecule has 0 amide bonds. The van der Waals surface area contributed by atoms with E-state index in [1.54, 1.807) is 0 Å². The van der Waals surface area contributed by atoms with Gasteiger partial charge in [-0.3, -0.25) is 0 Å². The van der Waals surface area contributed by atoms with Crippen molar-refractivity contribution in [1.82, 2.24) is 0 Å². The maximum atomic E-state index is 3.86. The summed E-state index contributed by atoms with van der Waals surface area (Å²) in [4.78, 5) is 0.758. The predicted molar refractivity (Wildman–Crippen MR) is 107 cm³/mol. The van der Waals surface area contributed by atoms with Gasteiger partial charge in [-0.05, 0) is 38.5 Å². The Balaban J connectivity index is 3.14. The average Bonchev–Trinajstić information content (AvgIpc) is 2.52. The summed E-state index contributed by atoms with van der Waals surface area (Å²) in [6.45, 7) is 7.54. The van der Waals surface area contributed by atoms with Gasteiger partial charge in [-0.2, -0.15) is 0 Å². The third kappa shape index (κ3) is 18.0. The van der Waals surface area contributed by atoms with Gasteiger partial charge in [0.15, 0.2) is 0 Å². The molecule has 0 radical (unpaired) electrons. The molecule has 0 atom stereocenters. The lowest BCUT2D eigenvalue weighted by atomic mass is 10.0. The summed E-state index contributed by atoms with van der Waals surface area (Å²) < 4.78 is 0. The van der Waals surface area contributed by atoms with Crippen molar-refractivity contribution in [3.63, 3.8) is 0 Å². The third-order valence-electron chi connectivity index (χ3n) is 4.35. The number of alkyl halides is 1. The normalized spacial score (nSPS) is 11.0. The van der Waals surface area contributed by atoms with Crippen molar-refractivity contribution < 1.29 is 0 Å². The van der Waals surface area contributed by atoms with Crippen LogP contribution in [0, 0.1) is 0 Å². The number of allylic oxidation sites excluding steroid dienone is 2. The van der Waals surface area contributed by atoms with Crippen LogP contribution in [0.15, 0.2) is 25.3 Å². The first kappa shape index (κ1) is 22.0. The van der Waals surface area contributed by atoms with Crippen LogP contribution in [0.4, 0.5) is 0 Å². The molecule has 22 heavy (non-hydrogen) atoms. The Morgan fingerprint density at radius 3 is 1.23 bits per heavy atom. The smallest absolute Gasteiger partial charge is 0.0145 e. The fourth-order valence-corrected chi connectivity index (χ4v) is 3.52. The molecule has 0 aliphatic rings. The number of unbranched alkanes of at least 4 members (excludes halogenated alkanes) is 12. The van der Waals surface area contributed by atoms with Crippen molar-refractivity contribution in [3.05, 3.63) is 25.3 Å². The topological polar surface area (TPSA) is 0 Å². The van der Waals surface area contributed by atoms with Gasteiger partial charge in [-0.25, -0.2) is 0 Å². The number of halogens is 1. The highest BCUT2D eigenvalue weighted by Gasteiger charge is 2.03. The summed E-state index contributed by atoms with van der Waals surface area (Å²) >= 11 is 3.86. The lowest BCUT2D eigenvalue weighted by molar-refractivity contribution is 0.541. The highest BCUT2D eigenvalue weighted by molar-refractivity contribution is 9.09. The molecule has 0 fully saturated rings. The van der Waals surface area contributed by atoms with Crippen LogP contribution in [0.3, 0.4) is 0 Å². The van der Waals surface area contributed by atoms with Crippen molar-refractivity contribution in [2.75, 3.05) is 0 Å². The Kier molecular flexibility index (Phi) is 19.0. The summed E-state index contributed by atoms with van der Waals surface area (Å²) in [7, 11) is 0. The van der Waals surface area contributed by atoms with E-state index in [-0.39, 0.29) is 0 Å². The lowest BCUT2D eigenvalue weighted by Gasteiger charge is -2.09. The Morgan fingerprint density at radius 2 is 0.864 bits per heavy atom. The van der Waals surface area contributed by atoms with Gasteiger partial charge >= 0.3 is 0 Å². The molecule has 0 saturated carbocycles. The third-order valence-corrected chi connectivity index (χ3v) is 5.27. The fourth-order valence-electron chi connectivity index (χ4n) is 2.87.